The monoisotopic (exact) mass is 302 g/mol. The van der Waals surface area contributed by atoms with Gasteiger partial charge in [-0.15, -0.1) is 10.2 Å². The summed E-state index contributed by atoms with van der Waals surface area (Å²) in [5.74, 6) is 2.25. The Bertz CT molecular complexity index is 738. The fourth-order valence-electron chi connectivity index (χ4n) is 1.94. The van der Waals surface area contributed by atoms with Gasteiger partial charge in [0, 0.05) is 11.8 Å². The maximum atomic E-state index is 5.38. The van der Waals surface area contributed by atoms with Crippen LogP contribution in [-0.4, -0.2) is 27.0 Å². The van der Waals surface area contributed by atoms with Crippen molar-refractivity contribution in [3.8, 4) is 11.4 Å². The number of nitrogens with zero attached hydrogens (tertiary/aromatic N) is 4. The number of ether oxygens (including phenoxy) is 1. The van der Waals surface area contributed by atoms with Crippen molar-refractivity contribution >= 4 is 11.8 Å². The third-order valence-corrected chi connectivity index (χ3v) is 3.86. The molecule has 0 N–H and O–H groups in total. The summed E-state index contributed by atoms with van der Waals surface area (Å²) in [5, 5.41) is 12.9. The molecule has 3 aromatic rings. The Morgan fingerprint density at radius 2 is 2.19 bits per heavy atom. The molecule has 108 valence electrons. The van der Waals surface area contributed by atoms with Gasteiger partial charge in [0.05, 0.1) is 18.5 Å². The molecule has 0 aliphatic heterocycles. The van der Waals surface area contributed by atoms with Gasteiger partial charge in [0.25, 0.3) is 0 Å². The highest BCUT2D eigenvalue weighted by Gasteiger charge is 2.12. The van der Waals surface area contributed by atoms with E-state index >= 15 is 0 Å². The van der Waals surface area contributed by atoms with E-state index in [2.05, 4.69) is 15.4 Å². The van der Waals surface area contributed by atoms with E-state index in [1.54, 1.807) is 25.2 Å². The van der Waals surface area contributed by atoms with Crippen LogP contribution in [0.1, 0.15) is 11.5 Å². The summed E-state index contributed by atoms with van der Waals surface area (Å²) in [6, 6.07) is 9.67. The number of aromatic nitrogens is 4. The van der Waals surface area contributed by atoms with Crippen LogP contribution in [0.15, 0.2) is 46.3 Å². The zero-order chi connectivity index (χ0) is 14.7. The first-order valence-corrected chi connectivity index (χ1v) is 7.35. The number of thioether (sulfide) groups is 1. The molecule has 0 saturated heterocycles. The topological polar surface area (TPSA) is 66.0 Å². The number of para-hydroxylation sites is 2. The van der Waals surface area contributed by atoms with Crippen LogP contribution in [0.2, 0.25) is 0 Å². The van der Waals surface area contributed by atoms with Crippen molar-refractivity contribution in [3.63, 3.8) is 0 Å². The molecule has 2 aromatic heterocycles. The molecule has 21 heavy (non-hydrogen) atoms. The molecule has 6 nitrogen and oxygen atoms in total. The molecule has 1 aromatic carbocycles. The third-order valence-electron chi connectivity index (χ3n) is 2.89. The minimum atomic E-state index is 0.672. The van der Waals surface area contributed by atoms with Crippen LogP contribution in [0.4, 0.5) is 0 Å². The summed E-state index contributed by atoms with van der Waals surface area (Å²) >= 11 is 1.55. The first-order chi connectivity index (χ1) is 10.3. The second kappa shape index (κ2) is 6.01. The summed E-state index contributed by atoms with van der Waals surface area (Å²) in [7, 11) is 1.65. The molecular weight excluding hydrogens is 288 g/mol. The van der Waals surface area contributed by atoms with Gasteiger partial charge >= 0.3 is 0 Å². The Morgan fingerprint density at radius 1 is 1.33 bits per heavy atom. The molecular formula is C14H14N4O2S. The van der Waals surface area contributed by atoms with Gasteiger partial charge in [-0.2, -0.15) is 0 Å². The Kier molecular flexibility index (Phi) is 3.92. The summed E-state index contributed by atoms with van der Waals surface area (Å²) in [6.45, 7) is 1.87. The van der Waals surface area contributed by atoms with E-state index in [4.69, 9.17) is 9.26 Å². The van der Waals surface area contributed by atoms with E-state index in [1.807, 2.05) is 41.8 Å². The second-order valence-corrected chi connectivity index (χ2v) is 5.32. The number of hydrogen-bond acceptors (Lipinski definition) is 6. The molecule has 0 aliphatic carbocycles. The molecule has 0 radical (unpaired) electrons. The van der Waals surface area contributed by atoms with Gasteiger partial charge < -0.3 is 9.26 Å². The van der Waals surface area contributed by atoms with Gasteiger partial charge in [-0.25, -0.2) is 0 Å². The Morgan fingerprint density at radius 3 is 2.95 bits per heavy atom. The van der Waals surface area contributed by atoms with Crippen molar-refractivity contribution in [2.75, 3.05) is 7.11 Å². The highest BCUT2D eigenvalue weighted by Crippen LogP contribution is 2.28. The lowest BCUT2D eigenvalue weighted by Gasteiger charge is -2.10. The Balaban J connectivity index is 1.83. The van der Waals surface area contributed by atoms with Gasteiger partial charge in [0.2, 0.25) is 0 Å². The standard InChI is InChI=1S/C14H14N4O2S/c1-10-7-11(17-20-10)8-21-14-16-15-9-18(14)12-5-3-4-6-13(12)19-2/h3-7,9H,8H2,1-2H3. The maximum Gasteiger partial charge on any atom is 0.196 e. The highest BCUT2D eigenvalue weighted by molar-refractivity contribution is 7.98. The van der Waals surface area contributed by atoms with Gasteiger partial charge in [0.1, 0.15) is 17.8 Å². The van der Waals surface area contributed by atoms with Crippen LogP contribution >= 0.6 is 11.8 Å². The van der Waals surface area contributed by atoms with Gasteiger partial charge in [-0.3, -0.25) is 4.57 Å². The summed E-state index contributed by atoms with van der Waals surface area (Å²) in [6.07, 6.45) is 1.67. The van der Waals surface area contributed by atoms with Crippen LogP contribution < -0.4 is 4.74 Å². The van der Waals surface area contributed by atoms with Gasteiger partial charge in [-0.1, -0.05) is 29.1 Å². The first-order valence-electron chi connectivity index (χ1n) is 6.36. The van der Waals surface area contributed by atoms with Crippen molar-refractivity contribution in [2.24, 2.45) is 0 Å². The van der Waals surface area contributed by atoms with Crippen LogP contribution in [0.5, 0.6) is 5.75 Å². The molecule has 0 unspecified atom stereocenters. The van der Waals surface area contributed by atoms with Crippen molar-refractivity contribution < 1.29 is 9.26 Å². The quantitative estimate of drug-likeness (QED) is 0.675. The van der Waals surface area contributed by atoms with Crippen molar-refractivity contribution in [3.05, 3.63) is 48.1 Å². The van der Waals surface area contributed by atoms with E-state index in [-0.39, 0.29) is 0 Å². The zero-order valence-corrected chi connectivity index (χ0v) is 12.5. The molecule has 0 bridgehead atoms. The second-order valence-electron chi connectivity index (χ2n) is 4.37. The Hall–Kier alpha value is -2.28. The van der Waals surface area contributed by atoms with Gasteiger partial charge in [-0.05, 0) is 19.1 Å². The Labute approximate surface area is 126 Å². The van der Waals surface area contributed by atoms with Crippen molar-refractivity contribution in [1.29, 1.82) is 0 Å². The van der Waals surface area contributed by atoms with Crippen LogP contribution in [-0.2, 0) is 5.75 Å². The molecule has 0 saturated carbocycles. The predicted octanol–water partition coefficient (Wildman–Crippen LogP) is 2.86. The largest absolute Gasteiger partial charge is 0.495 e. The highest BCUT2D eigenvalue weighted by atomic mass is 32.2. The average Bonchev–Trinajstić information content (AvgIpc) is 3.13. The molecule has 2 heterocycles. The lowest BCUT2D eigenvalue weighted by molar-refractivity contribution is 0.393. The fraction of sp³-hybridized carbons (Fsp3) is 0.214. The number of aryl methyl sites for hydroxylation is 1. The smallest absolute Gasteiger partial charge is 0.196 e. The fourth-order valence-corrected chi connectivity index (χ4v) is 2.74. The average molecular weight is 302 g/mol. The normalized spacial score (nSPS) is 10.8. The van der Waals surface area contributed by atoms with Crippen LogP contribution in [0.25, 0.3) is 5.69 Å². The van der Waals surface area contributed by atoms with E-state index in [9.17, 15) is 0 Å². The molecule has 0 fully saturated rings. The van der Waals surface area contributed by atoms with E-state index in [1.165, 1.54) is 0 Å². The van der Waals surface area contributed by atoms with Crippen LogP contribution in [0, 0.1) is 6.92 Å². The van der Waals surface area contributed by atoms with E-state index in [0.717, 1.165) is 28.0 Å². The maximum absolute atomic E-state index is 5.38. The minimum Gasteiger partial charge on any atom is -0.495 e. The van der Waals surface area contributed by atoms with Crippen LogP contribution in [0.3, 0.4) is 0 Å². The number of benzene rings is 1. The summed E-state index contributed by atoms with van der Waals surface area (Å²) in [4.78, 5) is 0. The van der Waals surface area contributed by atoms with E-state index in [0.29, 0.717) is 5.75 Å². The van der Waals surface area contributed by atoms with Gasteiger partial charge in [0.15, 0.2) is 5.16 Å². The zero-order valence-electron chi connectivity index (χ0n) is 11.7. The summed E-state index contributed by atoms with van der Waals surface area (Å²) in [5.41, 5.74) is 1.79. The minimum absolute atomic E-state index is 0.672. The molecule has 0 amide bonds. The van der Waals surface area contributed by atoms with Crippen molar-refractivity contribution in [2.45, 2.75) is 17.8 Å². The van der Waals surface area contributed by atoms with E-state index < -0.39 is 0 Å². The molecule has 0 aliphatic rings. The third kappa shape index (κ3) is 2.92. The summed E-state index contributed by atoms with van der Waals surface area (Å²) < 4.78 is 12.3. The lowest BCUT2D eigenvalue weighted by Crippen LogP contribution is -1.98. The first kappa shape index (κ1) is 13.7. The van der Waals surface area contributed by atoms with Crippen molar-refractivity contribution in [1.82, 2.24) is 19.9 Å². The molecule has 7 heteroatoms. The number of methoxy groups -OCH3 is 1. The molecule has 3 rings (SSSR count). The lowest BCUT2D eigenvalue weighted by atomic mass is 10.3. The number of rotatable bonds is 5. The SMILES string of the molecule is COc1ccccc1-n1cnnc1SCc1cc(C)on1. The number of hydrogen-bond donors (Lipinski definition) is 0. The molecule has 0 spiro atoms. The molecule has 0 atom stereocenters. The predicted molar refractivity (Wildman–Crippen MR) is 78.7 cm³/mol.